The first-order valence-corrected chi connectivity index (χ1v) is 7.29. The number of carbonyl (C=O) groups excluding carboxylic acids is 2. The molecule has 0 spiro atoms. The van der Waals surface area contributed by atoms with Gasteiger partial charge in [0.15, 0.2) is 11.5 Å². The second-order valence-corrected chi connectivity index (χ2v) is 5.75. The molecule has 0 atom stereocenters. The number of rotatable bonds is 4. The molecule has 118 valence electrons. The van der Waals surface area contributed by atoms with Gasteiger partial charge >= 0.3 is 0 Å². The smallest absolute Gasteiger partial charge is 0.246 e. The van der Waals surface area contributed by atoms with Gasteiger partial charge < -0.3 is 20.1 Å². The highest BCUT2D eigenvalue weighted by atomic mass is 16.7. The van der Waals surface area contributed by atoms with E-state index >= 15 is 0 Å². The molecular formula is C15H19N3O4. The molecule has 1 aromatic carbocycles. The second kappa shape index (κ2) is 5.75. The highest BCUT2D eigenvalue weighted by molar-refractivity contribution is 6.06. The van der Waals surface area contributed by atoms with E-state index in [1.54, 1.807) is 12.1 Å². The fourth-order valence-corrected chi connectivity index (χ4v) is 2.39. The van der Waals surface area contributed by atoms with Gasteiger partial charge in [-0.05, 0) is 5.92 Å². The topological polar surface area (TPSA) is 79.9 Å². The van der Waals surface area contributed by atoms with Gasteiger partial charge in [0.2, 0.25) is 18.6 Å². The van der Waals surface area contributed by atoms with Crippen molar-refractivity contribution in [2.24, 2.45) is 5.92 Å². The number of hydrogen-bond acceptors (Lipinski definition) is 5. The molecule has 0 aromatic heterocycles. The average Bonchev–Trinajstić information content (AvgIpc) is 2.93. The molecule has 2 aliphatic heterocycles. The van der Waals surface area contributed by atoms with Crippen LogP contribution in [0.2, 0.25) is 0 Å². The number of hydrogen-bond donors (Lipinski definition) is 2. The van der Waals surface area contributed by atoms with Crippen LogP contribution < -0.4 is 25.0 Å². The molecule has 7 heteroatoms. The van der Waals surface area contributed by atoms with E-state index in [-0.39, 0.29) is 31.7 Å². The Kier molecular flexibility index (Phi) is 3.79. The predicted molar refractivity (Wildman–Crippen MR) is 81.3 cm³/mol. The Morgan fingerprint density at radius 2 is 2.09 bits per heavy atom. The number of anilines is 2. The van der Waals surface area contributed by atoms with Crippen LogP contribution in [0, 0.1) is 5.92 Å². The van der Waals surface area contributed by atoms with Crippen molar-refractivity contribution >= 4 is 23.2 Å². The van der Waals surface area contributed by atoms with Gasteiger partial charge in [-0.15, -0.1) is 0 Å². The molecule has 0 unspecified atom stereocenters. The van der Waals surface area contributed by atoms with Crippen LogP contribution in [0.3, 0.4) is 0 Å². The summed E-state index contributed by atoms with van der Waals surface area (Å²) in [5.41, 5.74) is 1.40. The highest BCUT2D eigenvalue weighted by Crippen LogP contribution is 2.42. The van der Waals surface area contributed by atoms with Crippen LogP contribution in [0.4, 0.5) is 11.4 Å². The maximum Gasteiger partial charge on any atom is 0.246 e. The fraction of sp³-hybridized carbons (Fsp3) is 0.467. The van der Waals surface area contributed by atoms with E-state index in [9.17, 15) is 9.59 Å². The van der Waals surface area contributed by atoms with Crippen LogP contribution >= 0.6 is 0 Å². The van der Waals surface area contributed by atoms with Gasteiger partial charge in [0.05, 0.1) is 17.9 Å². The molecule has 0 saturated heterocycles. The van der Waals surface area contributed by atoms with E-state index < -0.39 is 0 Å². The Morgan fingerprint density at radius 3 is 2.82 bits per heavy atom. The number of benzene rings is 1. The maximum atomic E-state index is 12.1. The molecular weight excluding hydrogens is 286 g/mol. The number of carbonyl (C=O) groups is 2. The molecule has 0 radical (unpaired) electrons. The zero-order chi connectivity index (χ0) is 15.7. The summed E-state index contributed by atoms with van der Waals surface area (Å²) in [6.07, 6.45) is 0. The Bertz CT molecular complexity index is 615. The van der Waals surface area contributed by atoms with E-state index in [0.29, 0.717) is 29.6 Å². The van der Waals surface area contributed by atoms with E-state index in [1.807, 2.05) is 13.8 Å². The summed E-state index contributed by atoms with van der Waals surface area (Å²) in [6.45, 7) is 4.95. The van der Waals surface area contributed by atoms with E-state index in [2.05, 4.69) is 10.6 Å². The third kappa shape index (κ3) is 2.79. The summed E-state index contributed by atoms with van der Waals surface area (Å²) in [4.78, 5) is 25.6. The quantitative estimate of drug-likeness (QED) is 0.865. The molecule has 2 amide bonds. The molecule has 2 aliphatic rings. The van der Waals surface area contributed by atoms with Gasteiger partial charge in [-0.2, -0.15) is 0 Å². The van der Waals surface area contributed by atoms with E-state index in [1.165, 1.54) is 4.90 Å². The first kappa shape index (κ1) is 14.5. The van der Waals surface area contributed by atoms with E-state index in [0.717, 1.165) is 5.69 Å². The molecule has 2 heterocycles. The van der Waals surface area contributed by atoms with Gasteiger partial charge in [-0.3, -0.25) is 14.5 Å². The summed E-state index contributed by atoms with van der Waals surface area (Å²) < 4.78 is 10.7. The SMILES string of the molecule is CC(C)CNC(=O)CN1C(=O)CNc2cc3c(cc21)OCO3. The third-order valence-electron chi connectivity index (χ3n) is 3.52. The van der Waals surface area contributed by atoms with Crippen LogP contribution in [0.1, 0.15) is 13.8 Å². The molecule has 22 heavy (non-hydrogen) atoms. The van der Waals surface area contributed by atoms with Crippen molar-refractivity contribution in [1.82, 2.24) is 5.32 Å². The normalized spacial score (nSPS) is 15.6. The van der Waals surface area contributed by atoms with Crippen molar-refractivity contribution in [2.75, 3.05) is 36.6 Å². The molecule has 0 fully saturated rings. The molecule has 0 aliphatic carbocycles. The van der Waals surface area contributed by atoms with E-state index in [4.69, 9.17) is 9.47 Å². The standard InChI is InChI=1S/C15H19N3O4/c1-9(2)5-17-14(19)7-18-11-4-13-12(21-8-22-13)3-10(11)16-6-15(18)20/h3-4,9,16H,5-8H2,1-2H3,(H,17,19). The monoisotopic (exact) mass is 305 g/mol. The zero-order valence-corrected chi connectivity index (χ0v) is 12.6. The molecule has 3 rings (SSSR count). The first-order valence-electron chi connectivity index (χ1n) is 7.29. The lowest BCUT2D eigenvalue weighted by Crippen LogP contribution is -2.46. The zero-order valence-electron chi connectivity index (χ0n) is 12.6. The van der Waals surface area contributed by atoms with Crippen LogP contribution in [0.5, 0.6) is 11.5 Å². The number of nitrogens with one attached hydrogen (secondary N) is 2. The van der Waals surface area contributed by atoms with Gasteiger partial charge in [-0.1, -0.05) is 13.8 Å². The summed E-state index contributed by atoms with van der Waals surface area (Å²) in [6, 6.07) is 3.53. The van der Waals surface area contributed by atoms with Crippen LogP contribution in [-0.2, 0) is 9.59 Å². The van der Waals surface area contributed by atoms with Gasteiger partial charge in [0, 0.05) is 18.7 Å². The van der Waals surface area contributed by atoms with Crippen molar-refractivity contribution in [3.8, 4) is 11.5 Å². The lowest BCUT2D eigenvalue weighted by atomic mass is 10.1. The Hall–Kier alpha value is -2.44. The lowest BCUT2D eigenvalue weighted by Gasteiger charge is -2.30. The Labute approximate surface area is 128 Å². The highest BCUT2D eigenvalue weighted by Gasteiger charge is 2.29. The van der Waals surface area contributed by atoms with Crippen molar-refractivity contribution in [2.45, 2.75) is 13.8 Å². The molecule has 0 bridgehead atoms. The Balaban J connectivity index is 1.80. The molecule has 0 saturated carbocycles. The van der Waals surface area contributed by atoms with Gasteiger partial charge in [0.1, 0.15) is 6.54 Å². The molecule has 7 nitrogen and oxygen atoms in total. The maximum absolute atomic E-state index is 12.1. The fourth-order valence-electron chi connectivity index (χ4n) is 2.39. The van der Waals surface area contributed by atoms with Crippen molar-refractivity contribution in [3.05, 3.63) is 12.1 Å². The summed E-state index contributed by atoms with van der Waals surface area (Å²) in [5, 5.41) is 5.86. The van der Waals surface area contributed by atoms with Crippen molar-refractivity contribution in [3.63, 3.8) is 0 Å². The van der Waals surface area contributed by atoms with Crippen molar-refractivity contribution in [1.29, 1.82) is 0 Å². The average molecular weight is 305 g/mol. The number of ether oxygens (including phenoxy) is 2. The number of fused-ring (bicyclic) bond motifs is 2. The first-order chi connectivity index (χ1) is 10.5. The largest absolute Gasteiger partial charge is 0.454 e. The number of amides is 2. The molecule has 1 aromatic rings. The predicted octanol–water partition coefficient (Wildman–Crippen LogP) is 0.946. The lowest BCUT2D eigenvalue weighted by molar-refractivity contribution is -0.123. The minimum absolute atomic E-state index is 0.000122. The summed E-state index contributed by atoms with van der Waals surface area (Å²) >= 11 is 0. The minimum Gasteiger partial charge on any atom is -0.454 e. The van der Waals surface area contributed by atoms with Crippen LogP contribution in [0.25, 0.3) is 0 Å². The third-order valence-corrected chi connectivity index (χ3v) is 3.52. The Morgan fingerprint density at radius 1 is 1.36 bits per heavy atom. The minimum atomic E-state index is -0.174. The van der Waals surface area contributed by atoms with Crippen molar-refractivity contribution < 1.29 is 19.1 Å². The van der Waals surface area contributed by atoms with Crippen LogP contribution in [0.15, 0.2) is 12.1 Å². The number of nitrogens with zero attached hydrogens (tertiary/aromatic N) is 1. The van der Waals surface area contributed by atoms with Gasteiger partial charge in [-0.25, -0.2) is 0 Å². The van der Waals surface area contributed by atoms with Crippen LogP contribution in [-0.4, -0.2) is 38.2 Å². The summed E-state index contributed by atoms with van der Waals surface area (Å²) in [7, 11) is 0. The van der Waals surface area contributed by atoms with Gasteiger partial charge in [0.25, 0.3) is 0 Å². The summed E-state index contributed by atoms with van der Waals surface area (Å²) in [5.74, 6) is 1.27. The second-order valence-electron chi connectivity index (χ2n) is 5.75. The molecule has 2 N–H and O–H groups in total.